The average Bonchev–Trinajstić information content (AvgIpc) is 2.92. The third kappa shape index (κ3) is 3.86. The molecule has 0 spiro atoms. The molecular formula is C14H11F3N2O3S. The van der Waals surface area contributed by atoms with Crippen molar-refractivity contribution in [3.05, 3.63) is 40.9 Å². The highest BCUT2D eigenvalue weighted by Crippen LogP contribution is 2.38. The molecule has 0 atom stereocenters. The molecule has 1 aromatic carbocycles. The molecule has 23 heavy (non-hydrogen) atoms. The molecule has 1 N–H and O–H groups in total. The maximum absolute atomic E-state index is 13.1. The molecule has 1 aromatic heterocycles. The number of thiazole rings is 1. The quantitative estimate of drug-likeness (QED) is 0.926. The van der Waals surface area contributed by atoms with Gasteiger partial charge in [0.25, 0.3) is 5.91 Å². The van der Waals surface area contributed by atoms with Crippen LogP contribution >= 0.6 is 11.3 Å². The van der Waals surface area contributed by atoms with Gasteiger partial charge in [-0.1, -0.05) is 30.3 Å². The van der Waals surface area contributed by atoms with Crippen LogP contribution in [0.2, 0.25) is 0 Å². The van der Waals surface area contributed by atoms with Crippen LogP contribution < -0.4 is 0 Å². The molecule has 0 aliphatic heterocycles. The summed E-state index contributed by atoms with van der Waals surface area (Å²) in [7, 11) is 1.12. The fourth-order valence-electron chi connectivity index (χ4n) is 1.81. The molecule has 1 heterocycles. The predicted octanol–water partition coefficient (Wildman–Crippen LogP) is 2.99. The van der Waals surface area contributed by atoms with Gasteiger partial charge in [-0.15, -0.1) is 11.3 Å². The predicted molar refractivity (Wildman–Crippen MR) is 77.1 cm³/mol. The molecule has 2 aromatic rings. The molecule has 2 rings (SSSR count). The molecule has 0 saturated carbocycles. The van der Waals surface area contributed by atoms with E-state index in [1.165, 1.54) is 0 Å². The number of aromatic nitrogens is 1. The third-order valence-electron chi connectivity index (χ3n) is 2.83. The average molecular weight is 344 g/mol. The van der Waals surface area contributed by atoms with Crippen LogP contribution in [-0.2, 0) is 11.0 Å². The highest BCUT2D eigenvalue weighted by Gasteiger charge is 2.40. The zero-order valence-electron chi connectivity index (χ0n) is 11.8. The Labute approximate surface area is 133 Å². The van der Waals surface area contributed by atoms with Crippen LogP contribution in [0.25, 0.3) is 10.6 Å². The van der Waals surface area contributed by atoms with Gasteiger partial charge in [-0.05, 0) is 0 Å². The van der Waals surface area contributed by atoms with Gasteiger partial charge in [0.05, 0.1) is 0 Å². The van der Waals surface area contributed by atoms with Crippen LogP contribution in [0.5, 0.6) is 0 Å². The molecule has 9 heteroatoms. The summed E-state index contributed by atoms with van der Waals surface area (Å²) in [6.07, 6.45) is -4.81. The van der Waals surface area contributed by atoms with E-state index in [-0.39, 0.29) is 5.01 Å². The summed E-state index contributed by atoms with van der Waals surface area (Å²) >= 11 is 0.588. The fraction of sp³-hybridized carbons (Fsp3) is 0.214. The number of amides is 1. The maximum Gasteiger partial charge on any atom is 0.435 e. The highest BCUT2D eigenvalue weighted by atomic mass is 32.1. The first-order valence-electron chi connectivity index (χ1n) is 6.31. The number of carbonyl (C=O) groups excluding carboxylic acids is 1. The monoisotopic (exact) mass is 344 g/mol. The minimum Gasteiger partial charge on any atom is -0.480 e. The number of rotatable bonds is 4. The second-order valence-corrected chi connectivity index (χ2v) is 5.61. The fourth-order valence-corrected chi connectivity index (χ4v) is 2.89. The van der Waals surface area contributed by atoms with Crippen molar-refractivity contribution < 1.29 is 27.9 Å². The van der Waals surface area contributed by atoms with Gasteiger partial charge in [0, 0.05) is 12.6 Å². The maximum atomic E-state index is 13.1. The number of nitrogens with zero attached hydrogens (tertiary/aromatic N) is 2. The van der Waals surface area contributed by atoms with Crippen molar-refractivity contribution in [2.75, 3.05) is 13.6 Å². The number of hydrogen-bond acceptors (Lipinski definition) is 4. The first-order valence-corrected chi connectivity index (χ1v) is 7.12. The van der Waals surface area contributed by atoms with E-state index in [2.05, 4.69) is 4.98 Å². The number of carboxylic acid groups (broad SMARTS) is 1. The van der Waals surface area contributed by atoms with Gasteiger partial charge in [-0.3, -0.25) is 9.59 Å². The van der Waals surface area contributed by atoms with Crippen molar-refractivity contribution in [2.45, 2.75) is 6.18 Å². The first kappa shape index (κ1) is 16.9. The molecule has 0 radical (unpaired) electrons. The van der Waals surface area contributed by atoms with Gasteiger partial charge >= 0.3 is 12.1 Å². The summed E-state index contributed by atoms with van der Waals surface area (Å²) in [6, 6.07) is 8.14. The normalized spacial score (nSPS) is 11.3. The van der Waals surface area contributed by atoms with E-state index in [4.69, 9.17) is 5.11 Å². The molecule has 5 nitrogen and oxygen atoms in total. The number of carbonyl (C=O) groups is 2. The molecule has 0 aliphatic rings. The summed E-state index contributed by atoms with van der Waals surface area (Å²) in [6.45, 7) is -0.700. The molecule has 0 aliphatic carbocycles. The lowest BCUT2D eigenvalue weighted by molar-refractivity contribution is -0.141. The smallest absolute Gasteiger partial charge is 0.435 e. The molecular weight excluding hydrogens is 333 g/mol. The molecule has 0 fully saturated rings. The number of hydrogen-bond donors (Lipinski definition) is 1. The number of benzene rings is 1. The zero-order chi connectivity index (χ0) is 17.2. The van der Waals surface area contributed by atoms with Gasteiger partial charge in [0.15, 0.2) is 5.69 Å². The van der Waals surface area contributed by atoms with Crippen molar-refractivity contribution in [3.63, 3.8) is 0 Å². The zero-order valence-corrected chi connectivity index (χ0v) is 12.6. The van der Waals surface area contributed by atoms with E-state index in [0.717, 1.165) is 7.05 Å². The van der Waals surface area contributed by atoms with Crippen LogP contribution in [0.1, 0.15) is 15.4 Å². The molecule has 1 amide bonds. The van der Waals surface area contributed by atoms with Crippen LogP contribution in [0, 0.1) is 0 Å². The topological polar surface area (TPSA) is 70.5 Å². The van der Waals surface area contributed by atoms with E-state index in [1.807, 2.05) is 0 Å². The first-order chi connectivity index (χ1) is 10.7. The third-order valence-corrected chi connectivity index (χ3v) is 3.92. The Balaban J connectivity index is 2.47. The summed E-state index contributed by atoms with van der Waals surface area (Å²) < 4.78 is 39.4. The largest absolute Gasteiger partial charge is 0.480 e. The SMILES string of the molecule is CN(CC(=O)O)C(=O)c1sc(-c2ccccc2)nc1C(F)(F)F. The standard InChI is InChI=1S/C14H11F3N2O3S/c1-19(7-9(20)21)13(22)10-11(14(15,16)17)18-12(23-10)8-5-3-2-4-6-8/h2-6H,7H2,1H3,(H,20,21). The molecule has 0 saturated heterocycles. The molecule has 0 bridgehead atoms. The van der Waals surface area contributed by atoms with Crippen molar-refractivity contribution >= 4 is 23.2 Å². The van der Waals surface area contributed by atoms with E-state index in [0.29, 0.717) is 21.8 Å². The number of carboxylic acids is 1. The van der Waals surface area contributed by atoms with E-state index in [1.54, 1.807) is 30.3 Å². The molecule has 0 unspecified atom stereocenters. The Bertz CT molecular complexity index is 729. The van der Waals surface area contributed by atoms with Crippen molar-refractivity contribution in [3.8, 4) is 10.6 Å². The van der Waals surface area contributed by atoms with Crippen LogP contribution in [0.15, 0.2) is 30.3 Å². The number of alkyl halides is 3. The van der Waals surface area contributed by atoms with Gasteiger partial charge in [-0.25, -0.2) is 4.98 Å². The number of aliphatic carboxylic acids is 1. The Kier molecular flexibility index (Phi) is 4.69. The van der Waals surface area contributed by atoms with Crippen molar-refractivity contribution in [1.82, 2.24) is 9.88 Å². The second-order valence-electron chi connectivity index (χ2n) is 4.62. The second kappa shape index (κ2) is 6.37. The summed E-state index contributed by atoms with van der Waals surface area (Å²) in [4.78, 5) is 26.4. The van der Waals surface area contributed by atoms with E-state index >= 15 is 0 Å². The van der Waals surface area contributed by atoms with Gasteiger partial charge in [0.2, 0.25) is 0 Å². The van der Waals surface area contributed by atoms with Crippen LogP contribution in [0.3, 0.4) is 0 Å². The van der Waals surface area contributed by atoms with Gasteiger partial charge < -0.3 is 10.0 Å². The van der Waals surface area contributed by atoms with E-state index in [9.17, 15) is 22.8 Å². The Morgan fingerprint density at radius 2 is 1.87 bits per heavy atom. The lowest BCUT2D eigenvalue weighted by Crippen LogP contribution is -2.32. The minimum absolute atomic E-state index is 0.0463. The van der Waals surface area contributed by atoms with Crippen LogP contribution in [-0.4, -0.2) is 40.5 Å². The summed E-state index contributed by atoms with van der Waals surface area (Å²) in [5, 5.41) is 8.71. The summed E-state index contributed by atoms with van der Waals surface area (Å²) in [5.41, 5.74) is -0.855. The van der Waals surface area contributed by atoms with Gasteiger partial charge in [0.1, 0.15) is 16.4 Å². The van der Waals surface area contributed by atoms with Crippen molar-refractivity contribution in [2.24, 2.45) is 0 Å². The van der Waals surface area contributed by atoms with Gasteiger partial charge in [-0.2, -0.15) is 13.2 Å². The lowest BCUT2D eigenvalue weighted by atomic mass is 10.2. The number of halogens is 3. The Morgan fingerprint density at radius 3 is 2.39 bits per heavy atom. The minimum atomic E-state index is -4.81. The number of likely N-dealkylation sites (N-methyl/N-ethyl adjacent to an activating group) is 1. The Morgan fingerprint density at radius 1 is 1.26 bits per heavy atom. The Hall–Kier alpha value is -2.42. The van der Waals surface area contributed by atoms with Crippen molar-refractivity contribution in [1.29, 1.82) is 0 Å². The lowest BCUT2D eigenvalue weighted by Gasteiger charge is -2.14. The molecule has 122 valence electrons. The summed E-state index contributed by atoms with van der Waals surface area (Å²) in [5.74, 6) is -2.35. The highest BCUT2D eigenvalue weighted by molar-refractivity contribution is 7.17. The van der Waals surface area contributed by atoms with E-state index < -0.39 is 35.2 Å². The van der Waals surface area contributed by atoms with Crippen LogP contribution in [0.4, 0.5) is 13.2 Å².